The lowest BCUT2D eigenvalue weighted by Gasteiger charge is -2.18. The number of hydrogen-bond acceptors (Lipinski definition) is 3. The van der Waals surface area contributed by atoms with Gasteiger partial charge in [-0.25, -0.2) is 8.42 Å². The predicted octanol–water partition coefficient (Wildman–Crippen LogP) is 2.86. The average molecular weight is 290 g/mol. The standard InChI is InChI=1S/C15H18N2O2S/c1-12-8-4-7-11-15(12)20(18,19)16-13-9-5-6-10-14(13)17(2)3/h4-11,16H,1-3H3. The maximum atomic E-state index is 12.5. The van der Waals surface area contributed by atoms with Crippen molar-refractivity contribution in [3.8, 4) is 0 Å². The summed E-state index contributed by atoms with van der Waals surface area (Å²) in [6.07, 6.45) is 0. The predicted molar refractivity (Wildman–Crippen MR) is 82.8 cm³/mol. The second kappa shape index (κ2) is 5.54. The number of nitrogens with one attached hydrogen (secondary N) is 1. The minimum absolute atomic E-state index is 0.300. The fraction of sp³-hybridized carbons (Fsp3) is 0.200. The molecule has 2 aromatic carbocycles. The molecule has 4 nitrogen and oxygen atoms in total. The summed E-state index contributed by atoms with van der Waals surface area (Å²) >= 11 is 0. The van der Waals surface area contributed by atoms with Gasteiger partial charge in [-0.05, 0) is 30.7 Å². The first kappa shape index (κ1) is 14.4. The van der Waals surface area contributed by atoms with E-state index in [1.165, 1.54) is 0 Å². The zero-order valence-electron chi connectivity index (χ0n) is 11.8. The maximum absolute atomic E-state index is 12.5. The van der Waals surface area contributed by atoms with E-state index in [9.17, 15) is 8.42 Å². The van der Waals surface area contributed by atoms with E-state index in [1.54, 1.807) is 31.2 Å². The van der Waals surface area contributed by atoms with Crippen LogP contribution in [0.4, 0.5) is 11.4 Å². The molecule has 0 aliphatic heterocycles. The molecule has 0 atom stereocenters. The van der Waals surface area contributed by atoms with Crippen LogP contribution >= 0.6 is 0 Å². The molecule has 0 heterocycles. The Morgan fingerprint density at radius 2 is 1.55 bits per heavy atom. The lowest BCUT2D eigenvalue weighted by molar-refractivity contribution is 0.600. The summed E-state index contributed by atoms with van der Waals surface area (Å²) < 4.78 is 27.6. The number of anilines is 2. The van der Waals surface area contributed by atoms with Crippen molar-refractivity contribution in [3.05, 3.63) is 54.1 Å². The zero-order chi connectivity index (χ0) is 14.8. The number of hydrogen-bond donors (Lipinski definition) is 1. The molecule has 1 N–H and O–H groups in total. The summed E-state index contributed by atoms with van der Waals surface area (Å²) in [5, 5.41) is 0. The smallest absolute Gasteiger partial charge is 0.262 e. The van der Waals surface area contributed by atoms with Crippen molar-refractivity contribution in [2.24, 2.45) is 0 Å². The van der Waals surface area contributed by atoms with Gasteiger partial charge in [0.2, 0.25) is 0 Å². The van der Waals surface area contributed by atoms with Crippen LogP contribution in [0.25, 0.3) is 0 Å². The van der Waals surface area contributed by atoms with E-state index < -0.39 is 10.0 Å². The van der Waals surface area contributed by atoms with Gasteiger partial charge >= 0.3 is 0 Å². The molecule has 0 aliphatic rings. The van der Waals surface area contributed by atoms with E-state index in [-0.39, 0.29) is 0 Å². The van der Waals surface area contributed by atoms with Gasteiger partial charge in [0.15, 0.2) is 0 Å². The number of rotatable bonds is 4. The van der Waals surface area contributed by atoms with Crippen LogP contribution in [-0.4, -0.2) is 22.5 Å². The third-order valence-corrected chi connectivity index (χ3v) is 4.54. The quantitative estimate of drug-likeness (QED) is 0.942. The number of sulfonamides is 1. The molecule has 0 fully saturated rings. The number of aryl methyl sites for hydroxylation is 1. The molecule has 0 aromatic heterocycles. The molecular weight excluding hydrogens is 272 g/mol. The molecule has 0 unspecified atom stereocenters. The van der Waals surface area contributed by atoms with E-state index >= 15 is 0 Å². The van der Waals surface area contributed by atoms with Crippen LogP contribution in [0.2, 0.25) is 0 Å². The van der Waals surface area contributed by atoms with Crippen LogP contribution < -0.4 is 9.62 Å². The highest BCUT2D eigenvalue weighted by Crippen LogP contribution is 2.27. The summed E-state index contributed by atoms with van der Waals surface area (Å²) in [5.41, 5.74) is 2.12. The van der Waals surface area contributed by atoms with Gasteiger partial charge in [-0.1, -0.05) is 30.3 Å². The van der Waals surface area contributed by atoms with Crippen LogP contribution in [0.1, 0.15) is 5.56 Å². The molecular formula is C15H18N2O2S. The van der Waals surface area contributed by atoms with Crippen LogP contribution in [0, 0.1) is 6.92 Å². The molecule has 0 saturated carbocycles. The summed E-state index contributed by atoms with van der Waals surface area (Å²) in [7, 11) is 0.175. The van der Waals surface area contributed by atoms with E-state index in [4.69, 9.17) is 0 Å². The molecule has 2 aromatic rings. The SMILES string of the molecule is Cc1ccccc1S(=O)(=O)Nc1ccccc1N(C)C. The highest BCUT2D eigenvalue weighted by molar-refractivity contribution is 7.92. The van der Waals surface area contributed by atoms with Crippen molar-refractivity contribution in [1.82, 2.24) is 0 Å². The van der Waals surface area contributed by atoms with Gasteiger partial charge in [0.25, 0.3) is 10.0 Å². The number of nitrogens with zero attached hydrogens (tertiary/aromatic N) is 1. The molecule has 0 amide bonds. The summed E-state index contributed by atoms with van der Waals surface area (Å²) in [5.74, 6) is 0. The van der Waals surface area contributed by atoms with E-state index in [0.29, 0.717) is 10.6 Å². The highest BCUT2D eigenvalue weighted by atomic mass is 32.2. The van der Waals surface area contributed by atoms with E-state index in [0.717, 1.165) is 11.3 Å². The van der Waals surface area contributed by atoms with Gasteiger partial charge in [-0.2, -0.15) is 0 Å². The van der Waals surface area contributed by atoms with Crippen LogP contribution in [0.3, 0.4) is 0 Å². The van der Waals surface area contributed by atoms with E-state index in [1.807, 2.05) is 43.3 Å². The lowest BCUT2D eigenvalue weighted by atomic mass is 10.2. The Kier molecular flexibility index (Phi) is 3.99. The Labute approximate surface area is 120 Å². The first-order valence-electron chi connectivity index (χ1n) is 6.26. The zero-order valence-corrected chi connectivity index (χ0v) is 12.6. The topological polar surface area (TPSA) is 49.4 Å². The normalized spacial score (nSPS) is 11.2. The third-order valence-electron chi connectivity index (χ3n) is 3.01. The molecule has 2 rings (SSSR count). The molecule has 5 heteroatoms. The number of para-hydroxylation sites is 2. The molecule has 0 bridgehead atoms. The second-order valence-electron chi connectivity index (χ2n) is 4.78. The van der Waals surface area contributed by atoms with Gasteiger partial charge in [-0.3, -0.25) is 4.72 Å². The summed E-state index contributed by atoms with van der Waals surface area (Å²) in [6, 6.07) is 14.2. The van der Waals surface area contributed by atoms with Crippen LogP contribution in [0.5, 0.6) is 0 Å². The molecule has 106 valence electrons. The largest absolute Gasteiger partial charge is 0.376 e. The second-order valence-corrected chi connectivity index (χ2v) is 6.43. The Morgan fingerprint density at radius 3 is 2.20 bits per heavy atom. The minimum atomic E-state index is -3.58. The summed E-state index contributed by atoms with van der Waals surface area (Å²) in [4.78, 5) is 2.17. The Hall–Kier alpha value is -2.01. The summed E-state index contributed by atoms with van der Waals surface area (Å²) in [6.45, 7) is 1.78. The van der Waals surface area contributed by atoms with Crippen LogP contribution in [0.15, 0.2) is 53.4 Å². The Bertz CT molecular complexity index is 709. The monoisotopic (exact) mass is 290 g/mol. The molecule has 0 aliphatic carbocycles. The first-order chi connectivity index (χ1) is 9.42. The molecule has 0 spiro atoms. The van der Waals surface area contributed by atoms with Gasteiger partial charge in [0.1, 0.15) is 0 Å². The fourth-order valence-electron chi connectivity index (χ4n) is 2.01. The van der Waals surface area contributed by atoms with Crippen molar-refractivity contribution in [1.29, 1.82) is 0 Å². The Morgan fingerprint density at radius 1 is 0.950 bits per heavy atom. The molecule has 0 radical (unpaired) electrons. The highest BCUT2D eigenvalue weighted by Gasteiger charge is 2.18. The van der Waals surface area contributed by atoms with Crippen LogP contribution in [-0.2, 0) is 10.0 Å². The van der Waals surface area contributed by atoms with Gasteiger partial charge < -0.3 is 4.90 Å². The van der Waals surface area contributed by atoms with Crippen molar-refractivity contribution in [2.75, 3.05) is 23.7 Å². The number of benzene rings is 2. The van der Waals surface area contributed by atoms with Crippen molar-refractivity contribution >= 4 is 21.4 Å². The lowest BCUT2D eigenvalue weighted by Crippen LogP contribution is -2.17. The maximum Gasteiger partial charge on any atom is 0.262 e. The van der Waals surface area contributed by atoms with Gasteiger partial charge in [-0.15, -0.1) is 0 Å². The van der Waals surface area contributed by atoms with Gasteiger partial charge in [0.05, 0.1) is 16.3 Å². The van der Waals surface area contributed by atoms with Gasteiger partial charge in [0, 0.05) is 14.1 Å². The van der Waals surface area contributed by atoms with Crippen molar-refractivity contribution < 1.29 is 8.42 Å². The van der Waals surface area contributed by atoms with Crippen molar-refractivity contribution in [2.45, 2.75) is 11.8 Å². The molecule has 20 heavy (non-hydrogen) atoms. The minimum Gasteiger partial charge on any atom is -0.376 e. The first-order valence-corrected chi connectivity index (χ1v) is 7.75. The van der Waals surface area contributed by atoms with Crippen molar-refractivity contribution in [3.63, 3.8) is 0 Å². The third kappa shape index (κ3) is 2.93. The average Bonchev–Trinajstić information content (AvgIpc) is 2.39. The molecule has 0 saturated heterocycles. The fourth-order valence-corrected chi connectivity index (χ4v) is 3.33. The Balaban J connectivity index is 2.42. The van der Waals surface area contributed by atoms with E-state index in [2.05, 4.69) is 4.72 Å².